The highest BCUT2D eigenvalue weighted by molar-refractivity contribution is 6.01. The van der Waals surface area contributed by atoms with Crippen LogP contribution in [0.2, 0.25) is 0 Å². The van der Waals surface area contributed by atoms with Gasteiger partial charge in [0.2, 0.25) is 11.8 Å². The number of nitrogens with zero attached hydrogens (tertiary/aromatic N) is 5. The van der Waals surface area contributed by atoms with Gasteiger partial charge in [0.15, 0.2) is 0 Å². The average molecular weight is 484 g/mol. The first-order valence-electron chi connectivity index (χ1n) is 11.2. The van der Waals surface area contributed by atoms with Gasteiger partial charge in [-0.1, -0.05) is 23.4 Å². The van der Waals surface area contributed by atoms with Crippen LogP contribution < -0.4 is 10.2 Å². The van der Waals surface area contributed by atoms with Crippen LogP contribution in [-0.4, -0.2) is 31.8 Å². The normalized spacial score (nSPS) is 11.8. The van der Waals surface area contributed by atoms with Crippen LogP contribution in [0.15, 0.2) is 95.9 Å². The molecule has 180 valence electrons. The SMILES string of the molecule is O=C(NCc1ccco1)C(c1ccncc1)N(C(=O)Cn1nnc2ccccc21)c1cccc(F)c1. The Bertz CT molecular complexity index is 1490. The fourth-order valence-corrected chi connectivity index (χ4v) is 3.95. The van der Waals surface area contributed by atoms with Gasteiger partial charge in [0.25, 0.3) is 0 Å². The summed E-state index contributed by atoms with van der Waals surface area (Å²) in [5, 5.41) is 11.0. The Morgan fingerprint density at radius 3 is 2.64 bits per heavy atom. The van der Waals surface area contributed by atoms with Crippen LogP contribution in [0.3, 0.4) is 0 Å². The quantitative estimate of drug-likeness (QED) is 0.360. The third kappa shape index (κ3) is 4.83. The van der Waals surface area contributed by atoms with Gasteiger partial charge in [-0.05, 0) is 60.2 Å². The molecular formula is C26H21FN6O3. The molecule has 5 rings (SSSR count). The van der Waals surface area contributed by atoms with Crippen molar-refractivity contribution in [1.29, 1.82) is 0 Å². The van der Waals surface area contributed by atoms with Crippen molar-refractivity contribution in [1.82, 2.24) is 25.3 Å². The van der Waals surface area contributed by atoms with E-state index in [2.05, 4.69) is 20.6 Å². The molecule has 0 bridgehead atoms. The number of rotatable bonds is 8. The monoisotopic (exact) mass is 484 g/mol. The molecule has 0 aliphatic rings. The van der Waals surface area contributed by atoms with Crippen molar-refractivity contribution < 1.29 is 18.4 Å². The summed E-state index contributed by atoms with van der Waals surface area (Å²) in [4.78, 5) is 32.7. The largest absolute Gasteiger partial charge is 0.467 e. The zero-order chi connectivity index (χ0) is 24.9. The Morgan fingerprint density at radius 2 is 1.86 bits per heavy atom. The molecule has 1 N–H and O–H groups in total. The van der Waals surface area contributed by atoms with Crippen LogP contribution in [0.4, 0.5) is 10.1 Å². The summed E-state index contributed by atoms with van der Waals surface area (Å²) in [6.45, 7) is -0.101. The number of para-hydroxylation sites is 1. The molecule has 0 saturated carbocycles. The third-order valence-corrected chi connectivity index (χ3v) is 5.61. The number of nitrogens with one attached hydrogen (secondary N) is 1. The van der Waals surface area contributed by atoms with Crippen molar-refractivity contribution in [2.45, 2.75) is 19.1 Å². The Morgan fingerprint density at radius 1 is 1.03 bits per heavy atom. The van der Waals surface area contributed by atoms with Crippen LogP contribution >= 0.6 is 0 Å². The number of hydrogen-bond donors (Lipinski definition) is 1. The average Bonchev–Trinajstić information content (AvgIpc) is 3.56. The number of fused-ring (bicyclic) bond motifs is 1. The van der Waals surface area contributed by atoms with Crippen molar-refractivity contribution in [2.75, 3.05) is 4.90 Å². The second-order valence-corrected chi connectivity index (χ2v) is 7.96. The van der Waals surface area contributed by atoms with E-state index in [1.54, 1.807) is 42.5 Å². The van der Waals surface area contributed by atoms with Gasteiger partial charge in [0, 0.05) is 18.1 Å². The number of aromatic nitrogens is 4. The van der Waals surface area contributed by atoms with Crippen molar-refractivity contribution >= 4 is 28.5 Å². The molecule has 1 unspecified atom stereocenters. The molecule has 1 atom stereocenters. The molecule has 2 aromatic carbocycles. The summed E-state index contributed by atoms with van der Waals surface area (Å²) in [6, 6.07) is 18.4. The number of amides is 2. The summed E-state index contributed by atoms with van der Waals surface area (Å²) in [7, 11) is 0. The number of pyridine rings is 1. The lowest BCUT2D eigenvalue weighted by molar-refractivity contribution is -0.127. The van der Waals surface area contributed by atoms with Crippen LogP contribution in [0.1, 0.15) is 17.4 Å². The molecule has 0 spiro atoms. The Balaban J connectivity index is 1.54. The topological polar surface area (TPSA) is 106 Å². The molecule has 9 nitrogen and oxygen atoms in total. The van der Waals surface area contributed by atoms with E-state index < -0.39 is 23.7 Å². The molecule has 0 aliphatic heterocycles. The first kappa shape index (κ1) is 22.9. The van der Waals surface area contributed by atoms with Crippen LogP contribution in [0.5, 0.6) is 0 Å². The van der Waals surface area contributed by atoms with Gasteiger partial charge in [-0.15, -0.1) is 5.10 Å². The standard InChI is InChI=1S/C26H21FN6O3/c27-19-5-3-6-20(15-19)33(24(34)17-32-23-9-2-1-8-22(23)30-31-32)25(18-10-12-28-13-11-18)26(35)29-16-21-7-4-14-36-21/h1-15,25H,16-17H2,(H,29,35). The molecule has 36 heavy (non-hydrogen) atoms. The Hall–Kier alpha value is -4.86. The minimum absolute atomic E-state index is 0.117. The zero-order valence-corrected chi connectivity index (χ0v) is 19.0. The van der Waals surface area contributed by atoms with E-state index in [1.165, 1.54) is 46.4 Å². The highest BCUT2D eigenvalue weighted by Crippen LogP contribution is 2.29. The fraction of sp³-hybridized carbons (Fsp3) is 0.115. The molecule has 3 heterocycles. The van der Waals surface area contributed by atoms with E-state index in [9.17, 15) is 14.0 Å². The smallest absolute Gasteiger partial charge is 0.249 e. The van der Waals surface area contributed by atoms with E-state index in [0.717, 1.165) is 0 Å². The third-order valence-electron chi connectivity index (χ3n) is 5.61. The first-order valence-corrected chi connectivity index (χ1v) is 11.2. The van der Waals surface area contributed by atoms with E-state index in [4.69, 9.17) is 4.42 Å². The first-order chi connectivity index (χ1) is 17.6. The van der Waals surface area contributed by atoms with Crippen molar-refractivity contribution in [3.05, 3.63) is 109 Å². The number of benzene rings is 2. The molecule has 5 aromatic rings. The van der Waals surface area contributed by atoms with Gasteiger partial charge in [-0.3, -0.25) is 19.5 Å². The van der Waals surface area contributed by atoms with Gasteiger partial charge < -0.3 is 9.73 Å². The lowest BCUT2D eigenvalue weighted by Crippen LogP contribution is -2.45. The maximum Gasteiger partial charge on any atom is 0.249 e. The fourth-order valence-electron chi connectivity index (χ4n) is 3.95. The molecule has 0 radical (unpaired) electrons. The summed E-state index contributed by atoms with van der Waals surface area (Å²) in [5.41, 5.74) is 2.01. The van der Waals surface area contributed by atoms with Crippen molar-refractivity contribution in [3.8, 4) is 0 Å². The lowest BCUT2D eigenvalue weighted by atomic mass is 10.0. The number of anilines is 1. The summed E-state index contributed by atoms with van der Waals surface area (Å²) < 4.78 is 21.1. The minimum atomic E-state index is -1.12. The number of halogens is 1. The summed E-state index contributed by atoms with van der Waals surface area (Å²) in [6.07, 6.45) is 4.56. The van der Waals surface area contributed by atoms with Gasteiger partial charge in [-0.25, -0.2) is 9.07 Å². The van der Waals surface area contributed by atoms with E-state index in [1.807, 2.05) is 12.1 Å². The maximum absolute atomic E-state index is 14.3. The Kier molecular flexibility index (Phi) is 6.48. The molecule has 10 heteroatoms. The van der Waals surface area contributed by atoms with E-state index in [-0.39, 0.29) is 18.8 Å². The predicted octanol–water partition coefficient (Wildman–Crippen LogP) is 3.65. The lowest BCUT2D eigenvalue weighted by Gasteiger charge is -2.31. The number of furan rings is 1. The van der Waals surface area contributed by atoms with Gasteiger partial charge in [0.1, 0.15) is 29.7 Å². The number of carbonyl (C=O) groups is 2. The molecule has 0 saturated heterocycles. The second-order valence-electron chi connectivity index (χ2n) is 7.96. The summed E-state index contributed by atoms with van der Waals surface area (Å²) in [5.74, 6) is -0.944. The van der Waals surface area contributed by atoms with E-state index >= 15 is 0 Å². The maximum atomic E-state index is 14.3. The van der Waals surface area contributed by atoms with Crippen molar-refractivity contribution in [2.24, 2.45) is 0 Å². The van der Waals surface area contributed by atoms with Gasteiger partial charge >= 0.3 is 0 Å². The van der Waals surface area contributed by atoms with Crippen LogP contribution in [0, 0.1) is 5.82 Å². The molecule has 2 amide bonds. The molecule has 0 aliphatic carbocycles. The summed E-state index contributed by atoms with van der Waals surface area (Å²) >= 11 is 0. The molecule has 0 fully saturated rings. The number of hydrogen-bond acceptors (Lipinski definition) is 6. The second kappa shape index (κ2) is 10.2. The highest BCUT2D eigenvalue weighted by Gasteiger charge is 2.33. The zero-order valence-electron chi connectivity index (χ0n) is 19.0. The molecular weight excluding hydrogens is 463 g/mol. The molecule has 3 aromatic heterocycles. The van der Waals surface area contributed by atoms with E-state index in [0.29, 0.717) is 22.4 Å². The van der Waals surface area contributed by atoms with Gasteiger partial charge in [-0.2, -0.15) is 0 Å². The van der Waals surface area contributed by atoms with Crippen LogP contribution in [-0.2, 0) is 22.7 Å². The van der Waals surface area contributed by atoms with Crippen LogP contribution in [0.25, 0.3) is 11.0 Å². The van der Waals surface area contributed by atoms with Gasteiger partial charge in [0.05, 0.1) is 18.3 Å². The Labute approximate surface area is 205 Å². The predicted molar refractivity (Wildman–Crippen MR) is 129 cm³/mol. The minimum Gasteiger partial charge on any atom is -0.467 e. The highest BCUT2D eigenvalue weighted by atomic mass is 19.1. The van der Waals surface area contributed by atoms with Crippen molar-refractivity contribution in [3.63, 3.8) is 0 Å². The number of carbonyl (C=O) groups excluding carboxylic acids is 2.